The molecule has 2 amide bonds. The lowest BCUT2D eigenvalue weighted by Gasteiger charge is -2.12. The standard InChI is InChI=1S/C19H21NO5S/c1-3-24-15-9-13-7-5-6-12(13)8-14(15)10-16-18(22)20(19(23)26-16)11-17(21)25-4-2/h8-10H,3-7,11H2,1-2H3. The number of aryl methyl sites for hydroxylation is 2. The van der Waals surface area contributed by atoms with Gasteiger partial charge in [-0.15, -0.1) is 0 Å². The van der Waals surface area contributed by atoms with Gasteiger partial charge in [0.1, 0.15) is 12.3 Å². The van der Waals surface area contributed by atoms with Gasteiger partial charge in [-0.3, -0.25) is 19.3 Å². The zero-order chi connectivity index (χ0) is 18.7. The lowest BCUT2D eigenvalue weighted by atomic mass is 10.0. The third-order valence-corrected chi connectivity index (χ3v) is 5.18. The van der Waals surface area contributed by atoms with E-state index in [2.05, 4.69) is 0 Å². The van der Waals surface area contributed by atoms with Crippen LogP contribution in [0.15, 0.2) is 17.0 Å². The number of esters is 1. The highest BCUT2D eigenvalue weighted by Crippen LogP contribution is 2.36. The Morgan fingerprint density at radius 1 is 1.19 bits per heavy atom. The van der Waals surface area contributed by atoms with Gasteiger partial charge in [0.05, 0.1) is 18.1 Å². The van der Waals surface area contributed by atoms with Gasteiger partial charge in [-0.1, -0.05) is 0 Å². The number of nitrogens with zero attached hydrogens (tertiary/aromatic N) is 1. The minimum atomic E-state index is -0.594. The Kier molecular flexibility index (Phi) is 5.66. The van der Waals surface area contributed by atoms with Gasteiger partial charge in [0.15, 0.2) is 0 Å². The molecule has 0 aromatic heterocycles. The quantitative estimate of drug-likeness (QED) is 0.562. The Hall–Kier alpha value is -2.28. The van der Waals surface area contributed by atoms with Gasteiger partial charge in [0.2, 0.25) is 0 Å². The van der Waals surface area contributed by atoms with Gasteiger partial charge in [0, 0.05) is 5.56 Å². The zero-order valence-corrected chi connectivity index (χ0v) is 15.7. The van der Waals surface area contributed by atoms with E-state index in [1.165, 1.54) is 11.1 Å². The van der Waals surface area contributed by atoms with Crippen molar-refractivity contribution < 1.29 is 23.9 Å². The van der Waals surface area contributed by atoms with E-state index in [1.54, 1.807) is 13.0 Å². The monoisotopic (exact) mass is 375 g/mol. The highest BCUT2D eigenvalue weighted by atomic mass is 32.2. The molecule has 0 saturated carbocycles. The smallest absolute Gasteiger partial charge is 0.326 e. The molecule has 1 fully saturated rings. The third-order valence-electron chi connectivity index (χ3n) is 4.28. The molecule has 7 heteroatoms. The van der Waals surface area contributed by atoms with Crippen molar-refractivity contribution in [1.29, 1.82) is 0 Å². The third kappa shape index (κ3) is 3.77. The molecule has 0 N–H and O–H groups in total. The summed E-state index contributed by atoms with van der Waals surface area (Å²) in [5.74, 6) is -0.357. The van der Waals surface area contributed by atoms with Gasteiger partial charge < -0.3 is 9.47 Å². The summed E-state index contributed by atoms with van der Waals surface area (Å²) in [6.45, 7) is 3.94. The van der Waals surface area contributed by atoms with Crippen LogP contribution in [0.25, 0.3) is 6.08 Å². The molecule has 0 spiro atoms. The summed E-state index contributed by atoms with van der Waals surface area (Å²) in [6, 6.07) is 4.06. The lowest BCUT2D eigenvalue weighted by molar-refractivity contribution is -0.145. The van der Waals surface area contributed by atoms with E-state index < -0.39 is 17.1 Å². The summed E-state index contributed by atoms with van der Waals surface area (Å²) in [5, 5.41) is -0.464. The van der Waals surface area contributed by atoms with Crippen LogP contribution in [-0.2, 0) is 27.2 Å². The molecule has 0 radical (unpaired) electrons. The fourth-order valence-corrected chi connectivity index (χ4v) is 3.96. The number of rotatable bonds is 6. The van der Waals surface area contributed by atoms with Crippen LogP contribution >= 0.6 is 11.8 Å². The number of thioether (sulfide) groups is 1. The minimum Gasteiger partial charge on any atom is -0.493 e. The lowest BCUT2D eigenvalue weighted by Crippen LogP contribution is -2.34. The van der Waals surface area contributed by atoms with Crippen molar-refractivity contribution in [2.75, 3.05) is 19.8 Å². The number of hydrogen-bond acceptors (Lipinski definition) is 6. The number of ether oxygens (including phenoxy) is 2. The topological polar surface area (TPSA) is 72.9 Å². The van der Waals surface area contributed by atoms with Gasteiger partial charge >= 0.3 is 5.97 Å². The molecule has 3 rings (SSSR count). The normalized spacial score (nSPS) is 17.8. The molecule has 0 atom stereocenters. The number of imide groups is 1. The fourth-order valence-electron chi connectivity index (χ4n) is 3.13. The fraction of sp³-hybridized carbons (Fsp3) is 0.421. The predicted molar refractivity (Wildman–Crippen MR) is 98.9 cm³/mol. The molecule has 1 aliphatic heterocycles. The van der Waals surface area contributed by atoms with E-state index in [-0.39, 0.29) is 18.1 Å². The number of carbonyl (C=O) groups is 3. The molecule has 1 saturated heterocycles. The summed E-state index contributed by atoms with van der Waals surface area (Å²) >= 11 is 0.832. The highest BCUT2D eigenvalue weighted by molar-refractivity contribution is 8.18. The largest absolute Gasteiger partial charge is 0.493 e. The van der Waals surface area contributed by atoms with E-state index in [9.17, 15) is 14.4 Å². The number of carbonyl (C=O) groups excluding carboxylic acids is 3. The Bertz CT molecular complexity index is 786. The SMILES string of the molecule is CCOC(=O)CN1C(=O)SC(=Cc2cc3c(cc2OCC)CCC3)C1=O. The second-order valence-electron chi connectivity index (χ2n) is 6.02. The molecule has 138 valence electrons. The zero-order valence-electron chi connectivity index (χ0n) is 14.9. The van der Waals surface area contributed by atoms with Crippen LogP contribution in [0.5, 0.6) is 5.75 Å². The molecular weight excluding hydrogens is 354 g/mol. The Labute approximate surface area is 156 Å². The molecule has 26 heavy (non-hydrogen) atoms. The molecule has 6 nitrogen and oxygen atoms in total. The first-order valence-corrected chi connectivity index (χ1v) is 9.54. The van der Waals surface area contributed by atoms with Crippen molar-refractivity contribution in [2.24, 2.45) is 0 Å². The van der Waals surface area contributed by atoms with Crippen molar-refractivity contribution in [3.05, 3.63) is 33.7 Å². The van der Waals surface area contributed by atoms with Crippen LogP contribution in [0, 0.1) is 0 Å². The molecule has 2 aliphatic rings. The van der Waals surface area contributed by atoms with E-state index in [0.717, 1.165) is 41.5 Å². The van der Waals surface area contributed by atoms with Gasteiger partial charge in [-0.05, 0) is 74.2 Å². The van der Waals surface area contributed by atoms with Crippen molar-refractivity contribution >= 4 is 35.0 Å². The first kappa shape index (κ1) is 18.5. The van der Waals surface area contributed by atoms with Gasteiger partial charge in [-0.2, -0.15) is 0 Å². The molecule has 1 heterocycles. The van der Waals surface area contributed by atoms with Crippen LogP contribution in [-0.4, -0.2) is 41.8 Å². The van der Waals surface area contributed by atoms with Crippen LogP contribution in [0.2, 0.25) is 0 Å². The van der Waals surface area contributed by atoms with Crippen molar-refractivity contribution in [1.82, 2.24) is 4.90 Å². The molecule has 1 aromatic carbocycles. The minimum absolute atomic E-state index is 0.206. The van der Waals surface area contributed by atoms with Gasteiger partial charge in [-0.25, -0.2) is 0 Å². The van der Waals surface area contributed by atoms with Crippen molar-refractivity contribution in [2.45, 2.75) is 33.1 Å². The molecule has 1 aromatic rings. The maximum atomic E-state index is 12.5. The first-order chi connectivity index (χ1) is 12.5. The summed E-state index contributed by atoms with van der Waals surface area (Å²) in [4.78, 5) is 37.5. The second-order valence-corrected chi connectivity index (χ2v) is 7.01. The van der Waals surface area contributed by atoms with Crippen molar-refractivity contribution in [3.8, 4) is 5.75 Å². The van der Waals surface area contributed by atoms with Crippen molar-refractivity contribution in [3.63, 3.8) is 0 Å². The van der Waals surface area contributed by atoms with E-state index in [0.29, 0.717) is 12.4 Å². The van der Waals surface area contributed by atoms with E-state index >= 15 is 0 Å². The first-order valence-electron chi connectivity index (χ1n) is 8.73. The number of hydrogen-bond donors (Lipinski definition) is 0. The van der Waals surface area contributed by atoms with E-state index in [4.69, 9.17) is 9.47 Å². The number of benzene rings is 1. The summed E-state index contributed by atoms with van der Waals surface area (Å²) < 4.78 is 10.5. The average molecular weight is 375 g/mol. The molecular formula is C19H21NO5S. The summed E-state index contributed by atoms with van der Waals surface area (Å²) in [5.41, 5.74) is 3.32. The Morgan fingerprint density at radius 2 is 1.92 bits per heavy atom. The number of fused-ring (bicyclic) bond motifs is 1. The highest BCUT2D eigenvalue weighted by Gasteiger charge is 2.36. The predicted octanol–water partition coefficient (Wildman–Crippen LogP) is 3.17. The maximum Gasteiger partial charge on any atom is 0.326 e. The second kappa shape index (κ2) is 7.95. The Balaban J connectivity index is 1.87. The Morgan fingerprint density at radius 3 is 2.62 bits per heavy atom. The maximum absolute atomic E-state index is 12.5. The summed E-state index contributed by atoms with van der Waals surface area (Å²) in [6.07, 6.45) is 4.83. The van der Waals surface area contributed by atoms with Crippen LogP contribution < -0.4 is 4.74 Å². The number of amides is 2. The van der Waals surface area contributed by atoms with Crippen LogP contribution in [0.3, 0.4) is 0 Å². The average Bonchev–Trinajstić information content (AvgIpc) is 3.15. The summed E-state index contributed by atoms with van der Waals surface area (Å²) in [7, 11) is 0. The van der Waals surface area contributed by atoms with Crippen LogP contribution in [0.4, 0.5) is 4.79 Å². The molecule has 0 bridgehead atoms. The molecule has 1 aliphatic carbocycles. The molecule has 0 unspecified atom stereocenters. The van der Waals surface area contributed by atoms with Crippen LogP contribution in [0.1, 0.15) is 37.0 Å². The van der Waals surface area contributed by atoms with Gasteiger partial charge in [0.25, 0.3) is 11.1 Å². The van der Waals surface area contributed by atoms with E-state index in [1.807, 2.05) is 19.1 Å².